The molecule has 0 saturated carbocycles. The summed E-state index contributed by atoms with van der Waals surface area (Å²) in [4.78, 5) is 19.5. The number of hydrogen-bond acceptors (Lipinski definition) is 5. The van der Waals surface area contributed by atoms with Gasteiger partial charge in [0.1, 0.15) is 5.82 Å². The lowest BCUT2D eigenvalue weighted by Crippen LogP contribution is -2.37. The van der Waals surface area contributed by atoms with E-state index in [-0.39, 0.29) is 17.8 Å². The predicted octanol–water partition coefficient (Wildman–Crippen LogP) is 2.98. The number of benzene rings is 1. The predicted molar refractivity (Wildman–Crippen MR) is 118 cm³/mol. The van der Waals surface area contributed by atoms with Crippen LogP contribution in [0, 0.1) is 20.8 Å². The zero-order chi connectivity index (χ0) is 21.3. The average molecular weight is 405 g/mol. The fourth-order valence-electron chi connectivity index (χ4n) is 3.97. The Morgan fingerprint density at radius 2 is 2.10 bits per heavy atom. The molecule has 4 rings (SSSR count). The topological polar surface area (TPSA) is 99.9 Å². The van der Waals surface area contributed by atoms with Crippen LogP contribution >= 0.6 is 0 Å². The van der Waals surface area contributed by atoms with Crippen molar-refractivity contribution >= 4 is 11.7 Å². The molecule has 1 aromatic carbocycles. The van der Waals surface area contributed by atoms with Gasteiger partial charge in [-0.25, -0.2) is 4.98 Å². The maximum absolute atomic E-state index is 12.9. The Hall–Kier alpha value is -3.19. The number of nitrogen functional groups attached to an aromatic ring is 1. The molecular weight excluding hydrogens is 376 g/mol. The van der Waals surface area contributed by atoms with Crippen LogP contribution in [0.4, 0.5) is 5.82 Å². The third kappa shape index (κ3) is 4.21. The Kier molecular flexibility index (Phi) is 5.55. The maximum Gasteiger partial charge on any atom is 0.255 e. The Morgan fingerprint density at radius 1 is 1.27 bits per heavy atom. The van der Waals surface area contributed by atoms with E-state index in [0.717, 1.165) is 42.9 Å². The third-order valence-electron chi connectivity index (χ3n) is 5.89. The number of pyridine rings is 1. The number of nitrogens with two attached hydrogens (primary N) is 1. The van der Waals surface area contributed by atoms with Gasteiger partial charge in [-0.15, -0.1) is 0 Å². The van der Waals surface area contributed by atoms with E-state index in [4.69, 9.17) is 5.73 Å². The van der Waals surface area contributed by atoms with Crippen molar-refractivity contribution < 1.29 is 4.79 Å². The van der Waals surface area contributed by atoms with E-state index < -0.39 is 0 Å². The monoisotopic (exact) mass is 404 g/mol. The summed E-state index contributed by atoms with van der Waals surface area (Å²) in [5.41, 5.74) is 12.9. The van der Waals surface area contributed by atoms with Crippen LogP contribution in [-0.4, -0.2) is 45.1 Å². The molecule has 0 bridgehead atoms. The van der Waals surface area contributed by atoms with E-state index in [9.17, 15) is 4.79 Å². The number of rotatable bonds is 5. The largest absolute Gasteiger partial charge is 0.383 e. The average Bonchev–Trinajstić information content (AvgIpc) is 3.34. The molecule has 0 aliphatic carbocycles. The summed E-state index contributed by atoms with van der Waals surface area (Å²) in [5, 5.41) is 10.1. The number of aromatic amines is 1. The molecule has 2 aromatic heterocycles. The number of nitrogens with zero attached hydrogens (tertiary/aromatic N) is 3. The minimum absolute atomic E-state index is 0.0998. The van der Waals surface area contributed by atoms with Crippen LogP contribution < -0.4 is 11.1 Å². The second-order valence-electron chi connectivity index (χ2n) is 8.15. The van der Waals surface area contributed by atoms with E-state index in [1.54, 1.807) is 18.5 Å². The van der Waals surface area contributed by atoms with Crippen LogP contribution in [0.2, 0.25) is 0 Å². The van der Waals surface area contributed by atoms with Crippen molar-refractivity contribution in [2.24, 2.45) is 0 Å². The lowest BCUT2D eigenvalue weighted by Gasteiger charge is -2.18. The number of carbonyl (C=O) groups is 1. The van der Waals surface area contributed by atoms with Gasteiger partial charge in [0.15, 0.2) is 0 Å². The molecule has 1 amide bonds. The minimum atomic E-state index is -0.180. The molecule has 3 heterocycles. The summed E-state index contributed by atoms with van der Waals surface area (Å²) in [7, 11) is 0. The smallest absolute Gasteiger partial charge is 0.255 e. The first-order valence-corrected chi connectivity index (χ1v) is 10.3. The maximum atomic E-state index is 12.9. The first-order chi connectivity index (χ1) is 14.4. The molecule has 0 radical (unpaired) electrons. The summed E-state index contributed by atoms with van der Waals surface area (Å²) >= 11 is 0. The highest BCUT2D eigenvalue weighted by Gasteiger charge is 2.25. The molecule has 30 heavy (non-hydrogen) atoms. The number of aromatic nitrogens is 3. The Bertz CT molecular complexity index is 1070. The quantitative estimate of drug-likeness (QED) is 0.607. The molecule has 0 spiro atoms. The van der Waals surface area contributed by atoms with Crippen molar-refractivity contribution in [2.45, 2.75) is 39.8 Å². The molecule has 156 valence electrons. The summed E-state index contributed by atoms with van der Waals surface area (Å²) in [5.74, 6) is 0.0587. The number of aryl methyl sites for hydroxylation is 3. The fraction of sp³-hybridized carbons (Fsp3) is 0.348. The second kappa shape index (κ2) is 8.28. The van der Waals surface area contributed by atoms with Gasteiger partial charge in [0.25, 0.3) is 5.91 Å². The molecule has 7 nitrogen and oxygen atoms in total. The van der Waals surface area contributed by atoms with Gasteiger partial charge in [0.2, 0.25) is 0 Å². The zero-order valence-electron chi connectivity index (χ0n) is 17.7. The van der Waals surface area contributed by atoms with Gasteiger partial charge in [-0.3, -0.25) is 14.8 Å². The third-order valence-corrected chi connectivity index (χ3v) is 5.89. The first kappa shape index (κ1) is 20.1. The Morgan fingerprint density at radius 3 is 2.83 bits per heavy atom. The van der Waals surface area contributed by atoms with Gasteiger partial charge in [0, 0.05) is 49.2 Å². The standard InChI is InChI=1S/C23H28N6O/c1-14-4-5-17(8-15(14)2)12-29-7-6-19(13-29)27-23(30)20-9-18(10-25-22(20)24)21-11-26-28-16(21)3/h4-5,8-11,19H,6-7,12-13H2,1-3H3,(H2,24,25)(H,26,28)(H,27,30)/t19-/m1/s1. The van der Waals surface area contributed by atoms with Crippen LogP contribution in [0.3, 0.4) is 0 Å². The minimum Gasteiger partial charge on any atom is -0.383 e. The van der Waals surface area contributed by atoms with Crippen molar-refractivity contribution in [1.29, 1.82) is 0 Å². The molecule has 7 heteroatoms. The number of likely N-dealkylation sites (tertiary alicyclic amines) is 1. The van der Waals surface area contributed by atoms with Gasteiger partial charge in [-0.2, -0.15) is 5.10 Å². The SMILES string of the molecule is Cc1ccc(CN2CC[C@@H](NC(=O)c3cc(-c4c[nH]nc4C)cnc3N)C2)cc1C. The molecule has 0 unspecified atom stereocenters. The van der Waals surface area contributed by atoms with Gasteiger partial charge >= 0.3 is 0 Å². The lowest BCUT2D eigenvalue weighted by molar-refractivity contribution is 0.0938. The number of hydrogen-bond donors (Lipinski definition) is 3. The molecule has 1 atom stereocenters. The zero-order valence-corrected chi connectivity index (χ0v) is 17.7. The number of nitrogens with one attached hydrogen (secondary N) is 2. The molecule has 1 aliphatic heterocycles. The van der Waals surface area contributed by atoms with Crippen molar-refractivity contribution in [2.75, 3.05) is 18.8 Å². The Balaban J connectivity index is 1.41. The lowest BCUT2D eigenvalue weighted by atomic mass is 10.1. The van der Waals surface area contributed by atoms with Crippen LogP contribution in [0.1, 0.15) is 39.2 Å². The van der Waals surface area contributed by atoms with Gasteiger partial charge < -0.3 is 11.1 Å². The first-order valence-electron chi connectivity index (χ1n) is 10.3. The normalized spacial score (nSPS) is 16.7. The number of anilines is 1. The number of amides is 1. The van der Waals surface area contributed by atoms with E-state index in [1.807, 2.05) is 6.92 Å². The van der Waals surface area contributed by atoms with E-state index in [1.165, 1.54) is 16.7 Å². The molecule has 1 fully saturated rings. The van der Waals surface area contributed by atoms with Gasteiger partial charge in [-0.05, 0) is 49.9 Å². The molecule has 1 saturated heterocycles. The van der Waals surface area contributed by atoms with Crippen LogP contribution in [0.5, 0.6) is 0 Å². The highest BCUT2D eigenvalue weighted by molar-refractivity contribution is 5.99. The molecule has 1 aliphatic rings. The van der Waals surface area contributed by atoms with Crippen LogP contribution in [0.15, 0.2) is 36.7 Å². The van der Waals surface area contributed by atoms with Crippen molar-refractivity contribution in [3.8, 4) is 11.1 Å². The van der Waals surface area contributed by atoms with Gasteiger partial charge in [0.05, 0.1) is 11.3 Å². The van der Waals surface area contributed by atoms with Crippen LogP contribution in [-0.2, 0) is 6.54 Å². The van der Waals surface area contributed by atoms with Gasteiger partial charge in [-0.1, -0.05) is 18.2 Å². The van der Waals surface area contributed by atoms with Crippen molar-refractivity contribution in [3.05, 3.63) is 64.6 Å². The highest BCUT2D eigenvalue weighted by atomic mass is 16.1. The fourth-order valence-corrected chi connectivity index (χ4v) is 3.97. The molecular formula is C23H28N6O. The van der Waals surface area contributed by atoms with E-state index in [2.05, 4.69) is 57.4 Å². The highest BCUT2D eigenvalue weighted by Crippen LogP contribution is 2.24. The summed E-state index contributed by atoms with van der Waals surface area (Å²) in [6, 6.07) is 8.49. The molecule has 3 aromatic rings. The van der Waals surface area contributed by atoms with Crippen molar-refractivity contribution in [1.82, 2.24) is 25.4 Å². The number of H-pyrrole nitrogens is 1. The number of carbonyl (C=O) groups excluding carboxylic acids is 1. The summed E-state index contributed by atoms with van der Waals surface area (Å²) in [6.45, 7) is 8.86. The summed E-state index contributed by atoms with van der Waals surface area (Å²) < 4.78 is 0. The van der Waals surface area contributed by atoms with Crippen LogP contribution in [0.25, 0.3) is 11.1 Å². The molecule has 4 N–H and O–H groups in total. The summed E-state index contributed by atoms with van der Waals surface area (Å²) in [6.07, 6.45) is 4.39. The van der Waals surface area contributed by atoms with Crippen molar-refractivity contribution in [3.63, 3.8) is 0 Å². The second-order valence-corrected chi connectivity index (χ2v) is 8.15. The van der Waals surface area contributed by atoms with E-state index >= 15 is 0 Å². The van der Waals surface area contributed by atoms with E-state index in [0.29, 0.717) is 5.56 Å². The Labute approximate surface area is 176 Å².